The summed E-state index contributed by atoms with van der Waals surface area (Å²) in [7, 11) is 0. The van der Waals surface area contributed by atoms with E-state index in [1.54, 1.807) is 0 Å². The van der Waals surface area contributed by atoms with Crippen LogP contribution in [-0.4, -0.2) is 47.7 Å². The van der Waals surface area contributed by atoms with E-state index in [1.165, 1.54) is 5.56 Å². The van der Waals surface area contributed by atoms with Gasteiger partial charge in [-0.25, -0.2) is 9.97 Å². The predicted octanol–water partition coefficient (Wildman–Crippen LogP) is 2.91. The van der Waals surface area contributed by atoms with Crippen molar-refractivity contribution in [1.82, 2.24) is 15.3 Å². The van der Waals surface area contributed by atoms with Crippen LogP contribution in [0.5, 0.6) is 11.5 Å². The Balaban J connectivity index is 1.26. The number of carbonyl (C=O) groups is 1. The van der Waals surface area contributed by atoms with Crippen molar-refractivity contribution in [3.63, 3.8) is 0 Å². The lowest BCUT2D eigenvalue weighted by Gasteiger charge is -2.40. The molecule has 0 spiro atoms. The van der Waals surface area contributed by atoms with E-state index in [-0.39, 0.29) is 18.6 Å². The van der Waals surface area contributed by atoms with Crippen LogP contribution in [0.4, 0.5) is 5.82 Å². The van der Waals surface area contributed by atoms with E-state index in [4.69, 9.17) is 14.5 Å². The SMILES string of the molecule is CCCc1cnc(C)nc1N1C[C@H]2CC[C@@H](C1)C2NC(=O)C1COc2ccccc2O1. The molecule has 2 aliphatic heterocycles. The van der Waals surface area contributed by atoms with Crippen LogP contribution in [0.25, 0.3) is 0 Å². The Labute approximate surface area is 183 Å². The first-order valence-electron chi connectivity index (χ1n) is 11.4. The van der Waals surface area contributed by atoms with Gasteiger partial charge < -0.3 is 19.7 Å². The van der Waals surface area contributed by atoms with Gasteiger partial charge in [0.15, 0.2) is 11.5 Å². The highest BCUT2D eigenvalue weighted by Gasteiger charge is 2.44. The van der Waals surface area contributed by atoms with Crippen LogP contribution in [0.2, 0.25) is 0 Å². The molecule has 1 amide bonds. The second-order valence-corrected chi connectivity index (χ2v) is 8.92. The third kappa shape index (κ3) is 3.93. The lowest BCUT2D eigenvalue weighted by Crippen LogP contribution is -2.56. The van der Waals surface area contributed by atoms with Gasteiger partial charge in [0.05, 0.1) is 0 Å². The molecule has 2 unspecified atom stereocenters. The van der Waals surface area contributed by atoms with Gasteiger partial charge in [0.25, 0.3) is 5.91 Å². The lowest BCUT2D eigenvalue weighted by atomic mass is 9.91. The van der Waals surface area contributed by atoms with Gasteiger partial charge in [0, 0.05) is 30.9 Å². The molecule has 1 aromatic carbocycles. The molecule has 1 aromatic heterocycles. The number of fused-ring (bicyclic) bond motifs is 3. The Bertz CT molecular complexity index is 952. The number of para-hydroxylation sites is 2. The minimum atomic E-state index is -0.604. The highest BCUT2D eigenvalue weighted by Crippen LogP contribution is 2.39. The van der Waals surface area contributed by atoms with E-state index >= 15 is 0 Å². The molecule has 1 aliphatic carbocycles. The standard InChI is InChI=1S/C24H30N4O3/c1-3-6-16-11-25-15(2)26-23(16)28-12-17-9-10-18(13-28)22(17)27-24(29)21-14-30-19-7-4-5-8-20(19)31-21/h4-5,7-8,11,17-18,21-22H,3,6,9-10,12-14H2,1-2H3,(H,27,29)/t17-,18+,21?,22?. The fourth-order valence-electron chi connectivity index (χ4n) is 5.24. The van der Waals surface area contributed by atoms with Gasteiger partial charge in [-0.3, -0.25) is 4.79 Å². The second-order valence-electron chi connectivity index (χ2n) is 8.92. The van der Waals surface area contributed by atoms with E-state index in [1.807, 2.05) is 37.4 Å². The topological polar surface area (TPSA) is 76.6 Å². The maximum Gasteiger partial charge on any atom is 0.264 e. The zero-order valence-corrected chi connectivity index (χ0v) is 18.2. The summed E-state index contributed by atoms with van der Waals surface area (Å²) < 4.78 is 11.6. The van der Waals surface area contributed by atoms with Crippen LogP contribution in [0.15, 0.2) is 30.5 Å². The van der Waals surface area contributed by atoms with Crippen molar-refractivity contribution < 1.29 is 14.3 Å². The summed E-state index contributed by atoms with van der Waals surface area (Å²) in [6.07, 6.45) is 5.70. The van der Waals surface area contributed by atoms with E-state index in [0.29, 0.717) is 23.3 Å². The minimum absolute atomic E-state index is 0.0746. The Morgan fingerprint density at radius 1 is 1.19 bits per heavy atom. The molecule has 0 radical (unpaired) electrons. The molecule has 164 valence electrons. The number of hydrogen-bond acceptors (Lipinski definition) is 6. The third-order valence-corrected chi connectivity index (χ3v) is 6.72. The van der Waals surface area contributed by atoms with E-state index < -0.39 is 6.10 Å². The van der Waals surface area contributed by atoms with Crippen LogP contribution in [0.3, 0.4) is 0 Å². The van der Waals surface area contributed by atoms with Crippen molar-refractivity contribution in [1.29, 1.82) is 0 Å². The monoisotopic (exact) mass is 422 g/mol. The minimum Gasteiger partial charge on any atom is -0.485 e. The third-order valence-electron chi connectivity index (χ3n) is 6.72. The number of rotatable bonds is 5. The van der Waals surface area contributed by atoms with Crippen LogP contribution < -0.4 is 19.7 Å². The summed E-state index contributed by atoms with van der Waals surface area (Å²) in [5, 5.41) is 3.30. The van der Waals surface area contributed by atoms with Gasteiger partial charge in [0.2, 0.25) is 6.10 Å². The summed E-state index contributed by atoms with van der Waals surface area (Å²) in [4.78, 5) is 24.6. The molecule has 7 heteroatoms. The molecular formula is C24H30N4O3. The molecule has 1 saturated carbocycles. The maximum absolute atomic E-state index is 13.0. The van der Waals surface area contributed by atoms with Crippen molar-refractivity contribution >= 4 is 11.7 Å². The summed E-state index contributed by atoms with van der Waals surface area (Å²) in [6.45, 7) is 6.21. The van der Waals surface area contributed by atoms with Crippen molar-refractivity contribution in [2.75, 3.05) is 24.6 Å². The first-order valence-corrected chi connectivity index (χ1v) is 11.4. The number of ether oxygens (including phenoxy) is 2. The van der Waals surface area contributed by atoms with Crippen LogP contribution in [-0.2, 0) is 11.2 Å². The van der Waals surface area contributed by atoms with Gasteiger partial charge in [-0.05, 0) is 50.2 Å². The fraction of sp³-hybridized carbons (Fsp3) is 0.542. The van der Waals surface area contributed by atoms with Crippen LogP contribution in [0, 0.1) is 18.8 Å². The Hall–Kier alpha value is -2.83. The summed E-state index contributed by atoms with van der Waals surface area (Å²) in [6, 6.07) is 7.68. The fourth-order valence-corrected chi connectivity index (χ4v) is 5.24. The van der Waals surface area contributed by atoms with Gasteiger partial charge in [-0.15, -0.1) is 0 Å². The molecule has 5 rings (SSSR count). The van der Waals surface area contributed by atoms with Crippen molar-refractivity contribution in [3.05, 3.63) is 41.9 Å². The number of carbonyl (C=O) groups excluding carboxylic acids is 1. The average molecular weight is 423 g/mol. The zero-order valence-electron chi connectivity index (χ0n) is 18.2. The van der Waals surface area contributed by atoms with Gasteiger partial charge >= 0.3 is 0 Å². The highest BCUT2D eigenvalue weighted by atomic mass is 16.6. The van der Waals surface area contributed by atoms with Crippen molar-refractivity contribution in [2.45, 2.75) is 51.7 Å². The van der Waals surface area contributed by atoms with Gasteiger partial charge in [-0.1, -0.05) is 25.5 Å². The van der Waals surface area contributed by atoms with Crippen molar-refractivity contribution in [2.24, 2.45) is 11.8 Å². The number of nitrogens with one attached hydrogen (secondary N) is 1. The number of aryl methyl sites for hydroxylation is 2. The molecule has 3 aliphatic rings. The molecule has 4 atom stereocenters. The maximum atomic E-state index is 13.0. The molecule has 7 nitrogen and oxygen atoms in total. The summed E-state index contributed by atoms with van der Waals surface area (Å²) >= 11 is 0. The molecule has 31 heavy (non-hydrogen) atoms. The Morgan fingerprint density at radius 3 is 2.68 bits per heavy atom. The number of anilines is 1. The van der Waals surface area contributed by atoms with E-state index in [0.717, 1.165) is 50.4 Å². The first-order chi connectivity index (χ1) is 15.1. The van der Waals surface area contributed by atoms with Gasteiger partial charge in [0.1, 0.15) is 18.2 Å². The van der Waals surface area contributed by atoms with Gasteiger partial charge in [-0.2, -0.15) is 0 Å². The lowest BCUT2D eigenvalue weighted by molar-refractivity contribution is -0.131. The van der Waals surface area contributed by atoms with Crippen molar-refractivity contribution in [3.8, 4) is 11.5 Å². The molecule has 2 bridgehead atoms. The molecular weight excluding hydrogens is 392 g/mol. The number of aromatic nitrogens is 2. The molecule has 3 heterocycles. The largest absolute Gasteiger partial charge is 0.485 e. The smallest absolute Gasteiger partial charge is 0.264 e. The quantitative estimate of drug-likeness (QED) is 0.799. The highest BCUT2D eigenvalue weighted by molar-refractivity contribution is 5.82. The average Bonchev–Trinajstić information content (AvgIpc) is 3.01. The second kappa shape index (κ2) is 8.36. The number of amides is 1. The zero-order chi connectivity index (χ0) is 21.4. The number of piperidine rings is 1. The number of hydrogen-bond donors (Lipinski definition) is 1. The molecule has 2 aromatic rings. The Kier molecular flexibility index (Phi) is 5.42. The van der Waals surface area contributed by atoms with E-state index in [2.05, 4.69) is 22.1 Å². The predicted molar refractivity (Wildman–Crippen MR) is 117 cm³/mol. The Morgan fingerprint density at radius 2 is 1.94 bits per heavy atom. The summed E-state index contributed by atoms with van der Waals surface area (Å²) in [5.41, 5.74) is 1.22. The molecule has 1 saturated heterocycles. The number of benzene rings is 1. The molecule has 2 fully saturated rings. The summed E-state index contributed by atoms with van der Waals surface area (Å²) in [5.74, 6) is 3.99. The normalized spacial score (nSPS) is 26.6. The van der Waals surface area contributed by atoms with Crippen LogP contribution >= 0.6 is 0 Å². The first kappa shape index (κ1) is 20.1. The van der Waals surface area contributed by atoms with E-state index in [9.17, 15) is 4.79 Å². The molecule has 1 N–H and O–H groups in total. The van der Waals surface area contributed by atoms with Crippen LogP contribution in [0.1, 0.15) is 37.6 Å². The number of nitrogens with zero attached hydrogens (tertiary/aromatic N) is 3.